The third kappa shape index (κ3) is 5.40. The molecule has 1 saturated heterocycles. The molecule has 1 aromatic carbocycles. The maximum absolute atomic E-state index is 13.2. The highest BCUT2D eigenvalue weighted by Gasteiger charge is 2.32. The summed E-state index contributed by atoms with van der Waals surface area (Å²) in [6.07, 6.45) is 8.37. The molecule has 2 aliphatic rings. The van der Waals surface area contributed by atoms with Gasteiger partial charge in [-0.25, -0.2) is 4.99 Å². The molecule has 2 aliphatic heterocycles. The summed E-state index contributed by atoms with van der Waals surface area (Å²) >= 11 is 1.17. The van der Waals surface area contributed by atoms with Crippen molar-refractivity contribution in [1.82, 2.24) is 10.3 Å². The van der Waals surface area contributed by atoms with Gasteiger partial charge in [-0.2, -0.15) is 5.01 Å². The minimum atomic E-state index is -0.290. The van der Waals surface area contributed by atoms with Crippen molar-refractivity contribution in [2.75, 3.05) is 34.1 Å². The highest BCUT2D eigenvalue weighted by atomic mass is 32.2. The van der Waals surface area contributed by atoms with E-state index in [0.29, 0.717) is 16.5 Å². The zero-order valence-electron chi connectivity index (χ0n) is 18.9. The lowest BCUT2D eigenvalue weighted by Crippen LogP contribution is -2.60. The average molecular weight is 491 g/mol. The zero-order valence-corrected chi connectivity index (χ0v) is 19.7. The number of aliphatic imine (C=N–C) groups is 1. The first-order valence-electron chi connectivity index (χ1n) is 11.3. The van der Waals surface area contributed by atoms with Crippen molar-refractivity contribution in [3.8, 4) is 0 Å². The minimum absolute atomic E-state index is 0.0384. The summed E-state index contributed by atoms with van der Waals surface area (Å²) in [5, 5.41) is 9.21. The molecule has 2 aromatic heterocycles. The summed E-state index contributed by atoms with van der Waals surface area (Å²) in [7, 11) is 0. The largest absolute Gasteiger partial charge is 0.305 e. The fourth-order valence-electron chi connectivity index (χ4n) is 3.81. The van der Waals surface area contributed by atoms with Crippen LogP contribution >= 0.6 is 11.8 Å². The monoisotopic (exact) mass is 490 g/mol. The van der Waals surface area contributed by atoms with Crippen LogP contribution in [-0.4, -0.2) is 46.1 Å². The molecule has 11 heteroatoms. The summed E-state index contributed by atoms with van der Waals surface area (Å²) in [6, 6.07) is 14.7. The summed E-state index contributed by atoms with van der Waals surface area (Å²) in [4.78, 5) is 37.7. The fourth-order valence-corrected chi connectivity index (χ4v) is 4.62. The first-order chi connectivity index (χ1) is 17.2. The molecule has 0 aliphatic carbocycles. The molecule has 35 heavy (non-hydrogen) atoms. The summed E-state index contributed by atoms with van der Waals surface area (Å²) in [5.41, 5.74) is 1.56. The smallest absolute Gasteiger partial charge is 0.288 e. The fraction of sp³-hybridized carbons (Fsp3) is 0.250. The first-order valence-corrected chi connectivity index (χ1v) is 12.3. The standard InChI is InChI=1S/C24H23N7O3S/c32-21(27-22-16-30(28-34-22)29-13-7-2-8-14-29)17-35-24-26-20(15-18-9-5-6-12-25-18)23(33)31(24)19-10-3-1-4-11-19/h1,3-6,9-12,15-16H,2,7-8,13-14,17H2/p+1/b20-15+. The second-order valence-electron chi connectivity index (χ2n) is 7.99. The number of piperidine rings is 1. The number of anilines is 2. The number of aromatic nitrogens is 3. The van der Waals surface area contributed by atoms with Gasteiger partial charge >= 0.3 is 5.88 Å². The van der Waals surface area contributed by atoms with Gasteiger partial charge in [-0.1, -0.05) is 36.0 Å². The molecule has 1 N–H and O–H groups in total. The Labute approximate surface area is 206 Å². The van der Waals surface area contributed by atoms with Crippen molar-refractivity contribution in [1.29, 1.82) is 0 Å². The van der Waals surface area contributed by atoms with Crippen molar-refractivity contribution in [2.45, 2.75) is 19.3 Å². The molecule has 3 aromatic rings. The van der Waals surface area contributed by atoms with Crippen molar-refractivity contribution < 1.29 is 18.9 Å². The van der Waals surface area contributed by atoms with Gasteiger partial charge in [0.05, 0.1) is 35.0 Å². The molecule has 4 heterocycles. The Kier molecular flexibility index (Phi) is 6.85. The van der Waals surface area contributed by atoms with Gasteiger partial charge in [-0.3, -0.25) is 29.3 Å². The maximum atomic E-state index is 13.2. The van der Waals surface area contributed by atoms with Gasteiger partial charge in [0.2, 0.25) is 11.2 Å². The van der Waals surface area contributed by atoms with Crippen molar-refractivity contribution in [2.24, 2.45) is 4.99 Å². The molecule has 0 atom stereocenters. The van der Waals surface area contributed by atoms with Crippen LogP contribution in [0.4, 0.5) is 11.6 Å². The summed E-state index contributed by atoms with van der Waals surface area (Å²) < 4.78 is 5.27. The van der Waals surface area contributed by atoms with Crippen LogP contribution in [0.3, 0.4) is 0 Å². The topological polar surface area (TPSA) is 108 Å². The number of nitrogens with zero attached hydrogens (tertiary/aromatic N) is 6. The number of amidine groups is 1. The molecule has 0 spiro atoms. The van der Waals surface area contributed by atoms with E-state index in [1.54, 1.807) is 35.4 Å². The Morgan fingerprint density at radius 1 is 1.11 bits per heavy atom. The van der Waals surface area contributed by atoms with Crippen molar-refractivity contribution in [3.05, 3.63) is 72.3 Å². The van der Waals surface area contributed by atoms with Crippen LogP contribution in [0.25, 0.3) is 6.08 Å². The molecule has 0 unspecified atom stereocenters. The summed E-state index contributed by atoms with van der Waals surface area (Å²) in [5.74, 6) is -0.261. The summed E-state index contributed by atoms with van der Waals surface area (Å²) in [6.45, 7) is 1.80. The molecule has 10 nitrogen and oxygen atoms in total. The van der Waals surface area contributed by atoms with Gasteiger partial charge in [0.25, 0.3) is 12.1 Å². The third-order valence-corrected chi connectivity index (χ3v) is 6.43. The third-order valence-electron chi connectivity index (χ3n) is 5.49. The van der Waals surface area contributed by atoms with E-state index >= 15 is 0 Å². The van der Waals surface area contributed by atoms with Crippen LogP contribution in [0.5, 0.6) is 0 Å². The van der Waals surface area contributed by atoms with Crippen LogP contribution in [0.2, 0.25) is 0 Å². The number of nitrogens with one attached hydrogen (secondary N) is 1. The highest BCUT2D eigenvalue weighted by molar-refractivity contribution is 8.14. The van der Waals surface area contributed by atoms with E-state index in [1.807, 2.05) is 36.4 Å². The Hall–Kier alpha value is -3.99. The molecule has 5 rings (SSSR count). The Balaban J connectivity index is 1.28. The van der Waals surface area contributed by atoms with Crippen LogP contribution in [0.15, 0.2) is 76.1 Å². The molecule has 0 radical (unpaired) electrons. The average Bonchev–Trinajstić information content (AvgIpc) is 3.49. The second-order valence-corrected chi connectivity index (χ2v) is 8.94. The normalized spacial score (nSPS) is 17.1. The number of hydrogen-bond acceptors (Lipinski definition) is 8. The van der Waals surface area contributed by atoms with Crippen LogP contribution in [0.1, 0.15) is 25.0 Å². The van der Waals surface area contributed by atoms with E-state index in [2.05, 4.69) is 25.6 Å². The Morgan fingerprint density at radius 3 is 2.69 bits per heavy atom. The molecule has 178 valence electrons. The number of pyridine rings is 1. The van der Waals surface area contributed by atoms with Crippen LogP contribution in [0, 0.1) is 0 Å². The van der Waals surface area contributed by atoms with Gasteiger partial charge < -0.3 is 0 Å². The minimum Gasteiger partial charge on any atom is -0.288 e. The highest BCUT2D eigenvalue weighted by Crippen LogP contribution is 2.29. The van der Waals surface area contributed by atoms with Gasteiger partial charge in [-0.15, -0.1) is 0 Å². The number of carbonyl (C=O) groups excluding carboxylic acids is 2. The Bertz CT molecular complexity index is 1250. The molecule has 2 amide bonds. The number of carbonyl (C=O) groups is 2. The van der Waals surface area contributed by atoms with E-state index in [4.69, 9.17) is 4.52 Å². The van der Waals surface area contributed by atoms with Crippen LogP contribution < -0.4 is 20.0 Å². The van der Waals surface area contributed by atoms with Gasteiger partial charge in [0.15, 0.2) is 5.17 Å². The molecular formula is C24H24N7O3S+. The number of amides is 2. The maximum Gasteiger partial charge on any atom is 0.305 e. The lowest BCUT2D eigenvalue weighted by atomic mass is 10.2. The lowest BCUT2D eigenvalue weighted by molar-refractivity contribution is -0.759. The second kappa shape index (κ2) is 10.5. The Morgan fingerprint density at radius 2 is 1.91 bits per heavy atom. The van der Waals surface area contributed by atoms with Crippen LogP contribution in [-0.2, 0) is 9.59 Å². The predicted octanol–water partition coefficient (Wildman–Crippen LogP) is 2.59. The zero-order chi connectivity index (χ0) is 24.0. The molecular weight excluding hydrogens is 466 g/mol. The molecule has 1 fully saturated rings. The predicted molar refractivity (Wildman–Crippen MR) is 133 cm³/mol. The van der Waals surface area contributed by atoms with E-state index in [-0.39, 0.29) is 29.1 Å². The van der Waals surface area contributed by atoms with Gasteiger partial charge in [0, 0.05) is 6.20 Å². The first kappa shape index (κ1) is 22.8. The van der Waals surface area contributed by atoms with E-state index < -0.39 is 0 Å². The quantitative estimate of drug-likeness (QED) is 0.418. The number of para-hydroxylation sites is 1. The van der Waals surface area contributed by atoms with E-state index in [1.165, 1.54) is 23.1 Å². The molecule has 0 saturated carbocycles. The number of rotatable bonds is 6. The number of thioether (sulfide) groups is 1. The van der Waals surface area contributed by atoms with Gasteiger partial charge in [-0.05, 0) is 49.6 Å². The number of benzene rings is 1. The lowest BCUT2D eigenvalue weighted by Gasteiger charge is -2.17. The van der Waals surface area contributed by atoms with E-state index in [0.717, 1.165) is 25.9 Å². The van der Waals surface area contributed by atoms with Crippen molar-refractivity contribution in [3.63, 3.8) is 0 Å². The molecule has 0 bridgehead atoms. The van der Waals surface area contributed by atoms with Gasteiger partial charge in [0.1, 0.15) is 5.70 Å². The SMILES string of the molecule is O=C(CSC1=N/C(=C/c2ccccn2)C(=O)N1c1ccccc1)Nc1c[n+](N2CCCCC2)no1. The number of hydrogen-bond donors (Lipinski definition) is 1. The van der Waals surface area contributed by atoms with Crippen molar-refractivity contribution >= 4 is 46.4 Å². The van der Waals surface area contributed by atoms with E-state index in [9.17, 15) is 9.59 Å².